The van der Waals surface area contributed by atoms with Gasteiger partial charge in [-0.2, -0.15) is 0 Å². The van der Waals surface area contributed by atoms with Crippen LogP contribution in [-0.4, -0.2) is 57.6 Å². The number of hydrogen-bond donors (Lipinski definition) is 1. The number of ether oxygens (including phenoxy) is 1. The molecule has 0 aromatic heterocycles. The fourth-order valence-corrected chi connectivity index (χ4v) is 4.93. The van der Waals surface area contributed by atoms with E-state index in [0.29, 0.717) is 17.9 Å². The Morgan fingerprint density at radius 3 is 2.36 bits per heavy atom. The number of rotatable bonds is 12. The van der Waals surface area contributed by atoms with Crippen LogP contribution in [0.2, 0.25) is 15.1 Å². The molecule has 0 saturated carbocycles. The average Bonchev–Trinajstić information content (AvgIpc) is 2.82. The normalized spacial score (nSPS) is 12.1. The first kappa shape index (κ1) is 30.0. The van der Waals surface area contributed by atoms with Crippen LogP contribution in [0.25, 0.3) is 0 Å². The van der Waals surface area contributed by atoms with Gasteiger partial charge in [-0.1, -0.05) is 60.3 Å². The van der Waals surface area contributed by atoms with Gasteiger partial charge in [-0.15, -0.1) is 0 Å². The molecule has 198 valence electrons. The molecule has 2 rings (SSSR count). The van der Waals surface area contributed by atoms with Crippen LogP contribution in [-0.2, 0) is 26.2 Å². The van der Waals surface area contributed by atoms with Crippen molar-refractivity contribution in [1.82, 2.24) is 10.2 Å². The predicted octanol–water partition coefficient (Wildman–Crippen LogP) is 4.76. The summed E-state index contributed by atoms with van der Waals surface area (Å²) in [5.74, 6) is -0.373. The van der Waals surface area contributed by atoms with Crippen LogP contribution in [0.5, 0.6) is 5.75 Å². The summed E-state index contributed by atoms with van der Waals surface area (Å²) in [6.45, 7) is 3.51. The zero-order valence-electron chi connectivity index (χ0n) is 20.6. The number of amides is 2. The van der Waals surface area contributed by atoms with Crippen molar-refractivity contribution in [3.05, 3.63) is 57.0 Å². The molecule has 2 aromatic rings. The first-order valence-electron chi connectivity index (χ1n) is 11.2. The molecule has 0 unspecified atom stereocenters. The summed E-state index contributed by atoms with van der Waals surface area (Å²) in [5, 5.41) is 3.05. The number of anilines is 1. The lowest BCUT2D eigenvalue weighted by Gasteiger charge is -2.32. The topological polar surface area (TPSA) is 96.0 Å². The number of carbonyl (C=O) groups is 2. The molecule has 0 bridgehead atoms. The van der Waals surface area contributed by atoms with Crippen molar-refractivity contribution >= 4 is 62.3 Å². The second-order valence-corrected chi connectivity index (χ2v) is 11.3. The third-order valence-electron chi connectivity index (χ3n) is 5.42. The van der Waals surface area contributed by atoms with Crippen molar-refractivity contribution in [2.24, 2.45) is 0 Å². The van der Waals surface area contributed by atoms with E-state index < -0.39 is 28.5 Å². The van der Waals surface area contributed by atoms with Gasteiger partial charge in [0.05, 0.1) is 34.1 Å². The van der Waals surface area contributed by atoms with Gasteiger partial charge >= 0.3 is 0 Å². The van der Waals surface area contributed by atoms with Gasteiger partial charge in [0.25, 0.3) is 0 Å². The number of benzene rings is 2. The Balaban J connectivity index is 2.43. The standard InChI is InChI=1S/C24H30Cl3N3O5S/c1-5-6-10-28-24(32)16(2)29(14-17-8-7-9-18(11-17)35-3)23(31)15-30(36(4,33)34)22-13-20(26)19(25)12-21(22)27/h7-9,11-13,16H,5-6,10,14-15H2,1-4H3,(H,28,32)/t16-/m0/s1. The number of nitrogens with zero attached hydrogens (tertiary/aromatic N) is 2. The van der Waals surface area contributed by atoms with Crippen LogP contribution in [0.4, 0.5) is 5.69 Å². The van der Waals surface area contributed by atoms with Crippen molar-refractivity contribution in [3.63, 3.8) is 0 Å². The summed E-state index contributed by atoms with van der Waals surface area (Å²) in [6, 6.07) is 8.76. The number of nitrogens with one attached hydrogen (secondary N) is 1. The van der Waals surface area contributed by atoms with Gasteiger partial charge in [0.15, 0.2) is 0 Å². The number of sulfonamides is 1. The Bertz CT molecular complexity index is 1190. The van der Waals surface area contributed by atoms with Crippen LogP contribution in [0.15, 0.2) is 36.4 Å². The predicted molar refractivity (Wildman–Crippen MR) is 145 cm³/mol. The fraction of sp³-hybridized carbons (Fsp3) is 0.417. The number of carbonyl (C=O) groups excluding carboxylic acids is 2. The van der Waals surface area contributed by atoms with Gasteiger partial charge in [-0.3, -0.25) is 13.9 Å². The molecule has 0 aliphatic carbocycles. The molecule has 2 aromatic carbocycles. The molecule has 1 atom stereocenters. The van der Waals surface area contributed by atoms with Crippen molar-refractivity contribution < 1.29 is 22.7 Å². The summed E-state index contributed by atoms with van der Waals surface area (Å²) in [5.41, 5.74) is 0.706. The molecule has 0 heterocycles. The maximum absolute atomic E-state index is 13.6. The minimum Gasteiger partial charge on any atom is -0.497 e. The number of hydrogen-bond acceptors (Lipinski definition) is 5. The molecule has 2 amide bonds. The average molecular weight is 579 g/mol. The van der Waals surface area contributed by atoms with Crippen LogP contribution in [0.3, 0.4) is 0 Å². The lowest BCUT2D eigenvalue weighted by Crippen LogP contribution is -2.51. The second kappa shape index (κ2) is 13.4. The third-order valence-corrected chi connectivity index (χ3v) is 7.57. The summed E-state index contributed by atoms with van der Waals surface area (Å²) >= 11 is 18.3. The van der Waals surface area contributed by atoms with E-state index in [2.05, 4.69) is 5.32 Å². The minimum atomic E-state index is -3.97. The summed E-state index contributed by atoms with van der Waals surface area (Å²) < 4.78 is 31.5. The zero-order chi connectivity index (χ0) is 27.0. The van der Waals surface area contributed by atoms with E-state index in [1.165, 1.54) is 24.1 Å². The maximum Gasteiger partial charge on any atom is 0.244 e. The smallest absolute Gasteiger partial charge is 0.244 e. The first-order chi connectivity index (χ1) is 16.9. The SMILES string of the molecule is CCCCNC(=O)[C@H](C)N(Cc1cccc(OC)c1)C(=O)CN(c1cc(Cl)c(Cl)cc1Cl)S(C)(=O)=O. The van der Waals surface area contributed by atoms with Gasteiger partial charge in [0.1, 0.15) is 18.3 Å². The first-order valence-corrected chi connectivity index (χ1v) is 14.2. The van der Waals surface area contributed by atoms with Gasteiger partial charge in [-0.25, -0.2) is 8.42 Å². The Morgan fingerprint density at radius 2 is 1.75 bits per heavy atom. The minimum absolute atomic E-state index is 0.00305. The molecule has 0 aliphatic heterocycles. The Kier molecular flexibility index (Phi) is 11.2. The van der Waals surface area contributed by atoms with Crippen molar-refractivity contribution in [2.45, 2.75) is 39.3 Å². The molecule has 12 heteroatoms. The van der Waals surface area contributed by atoms with Gasteiger partial charge in [0, 0.05) is 13.1 Å². The van der Waals surface area contributed by atoms with Gasteiger partial charge < -0.3 is 15.0 Å². The summed E-state index contributed by atoms with van der Waals surface area (Å²) in [6.07, 6.45) is 2.64. The molecule has 1 N–H and O–H groups in total. The van der Waals surface area contributed by atoms with E-state index in [0.717, 1.165) is 23.4 Å². The fourth-order valence-electron chi connectivity index (χ4n) is 3.38. The molecule has 0 saturated heterocycles. The van der Waals surface area contributed by atoms with Crippen molar-refractivity contribution in [1.29, 1.82) is 0 Å². The van der Waals surface area contributed by atoms with E-state index in [1.807, 2.05) is 6.92 Å². The lowest BCUT2D eigenvalue weighted by molar-refractivity contribution is -0.139. The lowest BCUT2D eigenvalue weighted by atomic mass is 10.1. The monoisotopic (exact) mass is 577 g/mol. The quantitative estimate of drug-likeness (QED) is 0.290. The molecule has 8 nitrogen and oxygen atoms in total. The Hall–Kier alpha value is -2.20. The van der Waals surface area contributed by atoms with E-state index in [9.17, 15) is 18.0 Å². The second-order valence-electron chi connectivity index (χ2n) is 8.18. The highest BCUT2D eigenvalue weighted by molar-refractivity contribution is 7.92. The largest absolute Gasteiger partial charge is 0.497 e. The molecule has 0 aliphatic rings. The molecule has 0 fully saturated rings. The maximum atomic E-state index is 13.6. The zero-order valence-corrected chi connectivity index (χ0v) is 23.6. The van der Waals surface area contributed by atoms with E-state index in [-0.39, 0.29) is 33.2 Å². The van der Waals surface area contributed by atoms with E-state index >= 15 is 0 Å². The summed E-state index contributed by atoms with van der Waals surface area (Å²) in [4.78, 5) is 27.7. The molecule has 0 spiro atoms. The van der Waals surface area contributed by atoms with E-state index in [4.69, 9.17) is 39.5 Å². The van der Waals surface area contributed by atoms with Crippen LogP contribution >= 0.6 is 34.8 Å². The molecule has 0 radical (unpaired) electrons. The van der Waals surface area contributed by atoms with Gasteiger partial charge in [-0.05, 0) is 43.2 Å². The highest BCUT2D eigenvalue weighted by Crippen LogP contribution is 2.35. The Morgan fingerprint density at radius 1 is 1.08 bits per heavy atom. The van der Waals surface area contributed by atoms with Crippen LogP contribution in [0.1, 0.15) is 32.3 Å². The third kappa shape index (κ3) is 8.16. The van der Waals surface area contributed by atoms with Crippen molar-refractivity contribution in [2.75, 3.05) is 30.8 Å². The molecular formula is C24H30Cl3N3O5S. The van der Waals surface area contributed by atoms with Gasteiger partial charge in [0.2, 0.25) is 21.8 Å². The number of methoxy groups -OCH3 is 1. The van der Waals surface area contributed by atoms with Crippen LogP contribution in [0, 0.1) is 0 Å². The highest BCUT2D eigenvalue weighted by Gasteiger charge is 2.31. The van der Waals surface area contributed by atoms with Crippen molar-refractivity contribution in [3.8, 4) is 5.75 Å². The number of halogens is 3. The number of unbranched alkanes of at least 4 members (excludes halogenated alkanes) is 1. The molecular weight excluding hydrogens is 549 g/mol. The van der Waals surface area contributed by atoms with E-state index in [1.54, 1.807) is 31.2 Å². The summed E-state index contributed by atoms with van der Waals surface area (Å²) in [7, 11) is -2.44. The Labute approximate surface area is 227 Å². The molecule has 36 heavy (non-hydrogen) atoms. The highest BCUT2D eigenvalue weighted by atomic mass is 35.5. The van der Waals surface area contributed by atoms with Crippen LogP contribution < -0.4 is 14.4 Å².